The SMILES string of the molecule is CCOC(=O)COc1ccc2c(c1)C[C@@H](NCC(O)c1ccc(OCc3ccccc3)c(CC(N)=O)c1)CC2. The van der Waals surface area contributed by atoms with Crippen molar-refractivity contribution in [1.82, 2.24) is 5.32 Å². The van der Waals surface area contributed by atoms with E-state index in [0.29, 0.717) is 42.4 Å². The third-order valence-electron chi connectivity index (χ3n) is 6.74. The molecule has 0 aromatic heterocycles. The predicted octanol–water partition coefficient (Wildman–Crippen LogP) is 3.42. The molecule has 1 unspecified atom stereocenters. The molecule has 0 radical (unpaired) electrons. The number of carbonyl (C=O) groups is 2. The van der Waals surface area contributed by atoms with E-state index in [1.54, 1.807) is 19.1 Å². The Labute approximate surface area is 229 Å². The molecule has 3 aromatic carbocycles. The fraction of sp³-hybridized carbons (Fsp3) is 0.355. The lowest BCUT2D eigenvalue weighted by Gasteiger charge is -2.27. The van der Waals surface area contributed by atoms with E-state index in [2.05, 4.69) is 5.32 Å². The fourth-order valence-corrected chi connectivity index (χ4v) is 4.75. The first-order valence-electron chi connectivity index (χ1n) is 13.3. The first kappa shape index (κ1) is 28.1. The zero-order chi connectivity index (χ0) is 27.6. The van der Waals surface area contributed by atoms with E-state index < -0.39 is 18.0 Å². The second-order valence-corrected chi connectivity index (χ2v) is 9.67. The van der Waals surface area contributed by atoms with E-state index in [1.165, 1.54) is 11.1 Å². The molecule has 3 aromatic rings. The van der Waals surface area contributed by atoms with Crippen molar-refractivity contribution in [2.24, 2.45) is 5.73 Å². The van der Waals surface area contributed by atoms with Crippen molar-refractivity contribution >= 4 is 11.9 Å². The second-order valence-electron chi connectivity index (χ2n) is 9.67. The number of benzene rings is 3. The van der Waals surface area contributed by atoms with Crippen molar-refractivity contribution in [3.63, 3.8) is 0 Å². The highest BCUT2D eigenvalue weighted by Crippen LogP contribution is 2.28. The molecule has 1 amide bonds. The van der Waals surface area contributed by atoms with Crippen LogP contribution < -0.4 is 20.5 Å². The Balaban J connectivity index is 1.34. The van der Waals surface area contributed by atoms with Gasteiger partial charge < -0.3 is 30.4 Å². The van der Waals surface area contributed by atoms with Gasteiger partial charge in [-0.15, -0.1) is 0 Å². The van der Waals surface area contributed by atoms with Gasteiger partial charge in [0.05, 0.1) is 19.1 Å². The van der Waals surface area contributed by atoms with Crippen LogP contribution >= 0.6 is 0 Å². The van der Waals surface area contributed by atoms with Crippen molar-refractivity contribution < 1.29 is 28.9 Å². The molecule has 206 valence electrons. The molecule has 0 fully saturated rings. The normalized spacial score (nSPS) is 15.2. The summed E-state index contributed by atoms with van der Waals surface area (Å²) in [7, 11) is 0. The molecule has 2 atom stereocenters. The van der Waals surface area contributed by atoms with E-state index in [4.69, 9.17) is 19.9 Å². The Kier molecular flexibility index (Phi) is 9.94. The van der Waals surface area contributed by atoms with Gasteiger partial charge in [-0.25, -0.2) is 4.79 Å². The van der Waals surface area contributed by atoms with Crippen LogP contribution in [0, 0.1) is 0 Å². The maximum absolute atomic E-state index is 11.7. The van der Waals surface area contributed by atoms with E-state index in [1.807, 2.05) is 54.6 Å². The molecule has 4 rings (SSSR count). The van der Waals surface area contributed by atoms with Gasteiger partial charge in [-0.1, -0.05) is 42.5 Å². The van der Waals surface area contributed by atoms with Gasteiger partial charge in [0, 0.05) is 18.2 Å². The van der Waals surface area contributed by atoms with Crippen LogP contribution in [0.15, 0.2) is 66.7 Å². The minimum atomic E-state index is -0.763. The summed E-state index contributed by atoms with van der Waals surface area (Å²) in [6.45, 7) is 2.70. The number of nitrogens with two attached hydrogens (primary N) is 1. The molecule has 1 aliphatic rings. The number of fused-ring (bicyclic) bond motifs is 1. The molecule has 0 heterocycles. The zero-order valence-electron chi connectivity index (χ0n) is 22.2. The minimum Gasteiger partial charge on any atom is -0.489 e. The number of hydrogen-bond donors (Lipinski definition) is 3. The van der Waals surface area contributed by atoms with Crippen molar-refractivity contribution in [2.45, 2.75) is 51.4 Å². The average Bonchev–Trinajstić information content (AvgIpc) is 2.94. The summed E-state index contributed by atoms with van der Waals surface area (Å²) in [6.07, 6.45) is 1.91. The number of aliphatic hydroxyl groups excluding tert-OH is 1. The number of esters is 1. The van der Waals surface area contributed by atoms with Crippen molar-refractivity contribution in [3.05, 3.63) is 94.5 Å². The summed E-state index contributed by atoms with van der Waals surface area (Å²) < 4.78 is 16.5. The van der Waals surface area contributed by atoms with E-state index >= 15 is 0 Å². The molecular formula is C31H36N2O6. The minimum absolute atomic E-state index is 0.0259. The van der Waals surface area contributed by atoms with Crippen LogP contribution in [0.4, 0.5) is 0 Å². The van der Waals surface area contributed by atoms with Crippen molar-refractivity contribution in [3.8, 4) is 11.5 Å². The highest BCUT2D eigenvalue weighted by molar-refractivity contribution is 5.77. The molecule has 0 bridgehead atoms. The highest BCUT2D eigenvalue weighted by Gasteiger charge is 2.21. The maximum atomic E-state index is 11.7. The van der Waals surface area contributed by atoms with Crippen LogP contribution in [0.2, 0.25) is 0 Å². The third-order valence-corrected chi connectivity index (χ3v) is 6.74. The lowest BCUT2D eigenvalue weighted by Crippen LogP contribution is -2.37. The molecule has 4 N–H and O–H groups in total. The fourth-order valence-electron chi connectivity index (χ4n) is 4.75. The van der Waals surface area contributed by atoms with Gasteiger partial charge in [0.1, 0.15) is 18.1 Å². The van der Waals surface area contributed by atoms with Gasteiger partial charge in [-0.05, 0) is 72.7 Å². The average molecular weight is 533 g/mol. The van der Waals surface area contributed by atoms with Crippen LogP contribution in [0.25, 0.3) is 0 Å². The van der Waals surface area contributed by atoms with Gasteiger partial charge in [0.25, 0.3) is 0 Å². The Bertz CT molecular complexity index is 1260. The topological polar surface area (TPSA) is 120 Å². The van der Waals surface area contributed by atoms with Crippen LogP contribution in [-0.4, -0.2) is 42.8 Å². The number of aliphatic hydroxyl groups is 1. The van der Waals surface area contributed by atoms with Crippen LogP contribution in [-0.2, 0) is 40.2 Å². The van der Waals surface area contributed by atoms with Gasteiger partial charge in [-0.3, -0.25) is 4.79 Å². The van der Waals surface area contributed by atoms with Gasteiger partial charge in [-0.2, -0.15) is 0 Å². The van der Waals surface area contributed by atoms with E-state index in [-0.39, 0.29) is 19.1 Å². The molecule has 1 aliphatic carbocycles. The van der Waals surface area contributed by atoms with Crippen LogP contribution in [0.5, 0.6) is 11.5 Å². The lowest BCUT2D eigenvalue weighted by atomic mass is 9.88. The first-order chi connectivity index (χ1) is 18.9. The number of hydrogen-bond acceptors (Lipinski definition) is 7. The predicted molar refractivity (Wildman–Crippen MR) is 147 cm³/mol. The molecule has 0 aliphatic heterocycles. The van der Waals surface area contributed by atoms with Crippen molar-refractivity contribution in [1.29, 1.82) is 0 Å². The summed E-state index contributed by atoms with van der Waals surface area (Å²) in [5.41, 5.74) is 10.3. The summed E-state index contributed by atoms with van der Waals surface area (Å²) in [6, 6.07) is 21.3. The molecule has 8 heteroatoms. The Morgan fingerprint density at radius 3 is 2.64 bits per heavy atom. The molecule has 0 saturated heterocycles. The molecule has 0 saturated carbocycles. The number of carbonyl (C=O) groups excluding carboxylic acids is 2. The van der Waals surface area contributed by atoms with Gasteiger partial charge in [0.2, 0.25) is 5.91 Å². The summed E-state index contributed by atoms with van der Waals surface area (Å²) >= 11 is 0. The summed E-state index contributed by atoms with van der Waals surface area (Å²) in [5.74, 6) is 0.361. The standard InChI is InChI=1S/C31H36N2O6/c1-2-37-31(36)20-38-27-12-9-22-8-11-26(15-24(22)16-27)33-18-28(34)23-10-13-29(25(14-23)17-30(32)35)39-19-21-6-4-3-5-7-21/h3-7,9-10,12-14,16,26,28,33-34H,2,8,11,15,17-20H2,1H3,(H2,32,35)/t26-,28?/m0/s1. The Morgan fingerprint density at radius 1 is 1.05 bits per heavy atom. The highest BCUT2D eigenvalue weighted by atomic mass is 16.6. The summed E-state index contributed by atoms with van der Waals surface area (Å²) in [5, 5.41) is 14.4. The number of amides is 1. The van der Waals surface area contributed by atoms with Crippen LogP contribution in [0.1, 0.15) is 47.3 Å². The number of primary amides is 1. The second kappa shape index (κ2) is 13.8. The first-order valence-corrected chi connectivity index (χ1v) is 13.3. The quantitative estimate of drug-likeness (QED) is 0.289. The molecular weight excluding hydrogens is 496 g/mol. The smallest absolute Gasteiger partial charge is 0.344 e. The van der Waals surface area contributed by atoms with Crippen LogP contribution in [0.3, 0.4) is 0 Å². The number of nitrogens with one attached hydrogen (secondary N) is 1. The third kappa shape index (κ3) is 8.30. The molecule has 0 spiro atoms. The Hall–Kier alpha value is -3.88. The van der Waals surface area contributed by atoms with Crippen molar-refractivity contribution in [2.75, 3.05) is 19.8 Å². The molecule has 8 nitrogen and oxygen atoms in total. The number of ether oxygens (including phenoxy) is 3. The monoisotopic (exact) mass is 532 g/mol. The van der Waals surface area contributed by atoms with Gasteiger partial charge >= 0.3 is 5.97 Å². The summed E-state index contributed by atoms with van der Waals surface area (Å²) in [4.78, 5) is 23.3. The maximum Gasteiger partial charge on any atom is 0.344 e. The lowest BCUT2D eigenvalue weighted by molar-refractivity contribution is -0.145. The van der Waals surface area contributed by atoms with E-state index in [9.17, 15) is 14.7 Å². The zero-order valence-corrected chi connectivity index (χ0v) is 22.2. The Morgan fingerprint density at radius 2 is 1.87 bits per heavy atom. The number of aryl methyl sites for hydroxylation is 1. The van der Waals surface area contributed by atoms with E-state index in [0.717, 1.165) is 24.8 Å². The largest absolute Gasteiger partial charge is 0.489 e. The molecule has 39 heavy (non-hydrogen) atoms. The van der Waals surface area contributed by atoms with Gasteiger partial charge in [0.15, 0.2) is 6.61 Å². The number of rotatable bonds is 13.